The largest absolute Gasteiger partial charge is 0.326 e. The van der Waals surface area contributed by atoms with E-state index in [-0.39, 0.29) is 11.7 Å². The van der Waals surface area contributed by atoms with E-state index in [9.17, 15) is 4.79 Å². The van der Waals surface area contributed by atoms with E-state index in [4.69, 9.17) is 0 Å². The minimum absolute atomic E-state index is 0.0138. The predicted octanol–water partition coefficient (Wildman–Crippen LogP) is 3.70. The molecular formula is C23H28N6O. The Morgan fingerprint density at radius 1 is 1.17 bits per heavy atom. The van der Waals surface area contributed by atoms with Gasteiger partial charge in [-0.25, -0.2) is 14.3 Å². The molecule has 0 saturated carbocycles. The molecule has 1 atom stereocenters. The van der Waals surface area contributed by atoms with Gasteiger partial charge in [0.2, 0.25) is 0 Å². The lowest BCUT2D eigenvalue weighted by Crippen LogP contribution is -2.42. The fourth-order valence-corrected chi connectivity index (χ4v) is 4.85. The number of pyridine rings is 1. The molecule has 4 heterocycles. The van der Waals surface area contributed by atoms with Crippen LogP contribution in [0, 0.1) is 13.8 Å². The molecule has 5 rings (SSSR count). The van der Waals surface area contributed by atoms with E-state index in [2.05, 4.69) is 58.9 Å². The van der Waals surface area contributed by atoms with Gasteiger partial charge in [0.25, 0.3) is 0 Å². The number of benzene rings is 1. The number of hydrogen-bond acceptors (Lipinski definition) is 4. The van der Waals surface area contributed by atoms with E-state index >= 15 is 0 Å². The first-order valence-electron chi connectivity index (χ1n) is 10.7. The summed E-state index contributed by atoms with van der Waals surface area (Å²) in [6.07, 6.45) is 5.74. The van der Waals surface area contributed by atoms with Crippen molar-refractivity contribution in [2.45, 2.75) is 52.6 Å². The highest BCUT2D eigenvalue weighted by Gasteiger charge is 2.26. The maximum absolute atomic E-state index is 12.9. The number of rotatable bonds is 3. The van der Waals surface area contributed by atoms with Crippen molar-refractivity contribution in [3.05, 3.63) is 52.3 Å². The number of aromatic amines is 1. The molecule has 1 fully saturated rings. The van der Waals surface area contributed by atoms with Gasteiger partial charge in [-0.3, -0.25) is 9.47 Å². The molecule has 0 amide bonds. The Bertz CT molecular complexity index is 1290. The molecule has 0 unspecified atom stereocenters. The van der Waals surface area contributed by atoms with E-state index in [1.165, 1.54) is 0 Å². The van der Waals surface area contributed by atoms with Gasteiger partial charge >= 0.3 is 5.69 Å². The fraction of sp³-hybridized carbons (Fsp3) is 0.435. The van der Waals surface area contributed by atoms with Gasteiger partial charge in [-0.05, 0) is 82.0 Å². The number of imidazole rings is 1. The Balaban J connectivity index is 1.61. The topological polar surface area (TPSA) is 71.2 Å². The van der Waals surface area contributed by atoms with Gasteiger partial charge in [-0.2, -0.15) is 5.10 Å². The van der Waals surface area contributed by atoms with Crippen LogP contribution in [0.2, 0.25) is 0 Å². The minimum atomic E-state index is -0.0138. The Morgan fingerprint density at radius 3 is 2.80 bits per heavy atom. The first-order valence-corrected chi connectivity index (χ1v) is 10.7. The normalized spacial score (nSPS) is 18.1. The van der Waals surface area contributed by atoms with Crippen LogP contribution in [-0.2, 0) is 0 Å². The zero-order valence-corrected chi connectivity index (χ0v) is 18.0. The Hall–Kier alpha value is -2.93. The van der Waals surface area contributed by atoms with Crippen molar-refractivity contribution >= 4 is 16.7 Å². The number of H-pyrrole nitrogens is 1. The smallest absolute Gasteiger partial charge is 0.306 e. The van der Waals surface area contributed by atoms with E-state index in [0.29, 0.717) is 6.04 Å². The monoisotopic (exact) mass is 404 g/mol. The van der Waals surface area contributed by atoms with Gasteiger partial charge in [0.15, 0.2) is 5.65 Å². The molecule has 4 aromatic rings. The quantitative estimate of drug-likeness (QED) is 0.565. The van der Waals surface area contributed by atoms with Gasteiger partial charge in [-0.1, -0.05) is 0 Å². The third kappa shape index (κ3) is 3.04. The van der Waals surface area contributed by atoms with Gasteiger partial charge in [-0.15, -0.1) is 0 Å². The van der Waals surface area contributed by atoms with Crippen molar-refractivity contribution in [2.75, 3.05) is 13.1 Å². The minimum Gasteiger partial charge on any atom is -0.306 e. The van der Waals surface area contributed by atoms with Gasteiger partial charge in [0.1, 0.15) is 6.33 Å². The third-order valence-corrected chi connectivity index (χ3v) is 6.46. The summed E-state index contributed by atoms with van der Waals surface area (Å²) in [5, 5.41) is 4.30. The van der Waals surface area contributed by atoms with Crippen molar-refractivity contribution < 1.29 is 0 Å². The molecule has 0 bridgehead atoms. The van der Waals surface area contributed by atoms with Crippen molar-refractivity contribution in [1.82, 2.24) is 29.0 Å². The number of nitrogens with zero attached hydrogens (tertiary/aromatic N) is 5. The third-order valence-electron chi connectivity index (χ3n) is 6.46. The fourth-order valence-electron chi connectivity index (χ4n) is 4.85. The lowest BCUT2D eigenvalue weighted by Gasteiger charge is -2.35. The molecule has 0 radical (unpaired) electrons. The number of nitrogens with one attached hydrogen (secondary N) is 1. The van der Waals surface area contributed by atoms with Crippen LogP contribution in [0.4, 0.5) is 0 Å². The van der Waals surface area contributed by atoms with E-state index in [1.807, 2.05) is 22.2 Å². The molecule has 1 aliphatic rings. The Labute approximate surface area is 175 Å². The number of piperidine rings is 1. The standard InChI is InChI=1S/C23H28N6O/c1-14(2)27-7-5-6-18(12-27)29-21-9-15(3)19(10-20(21)26-23(29)30)17-8-16(4)22-24-13-25-28(22)11-17/h8-11,13-14,18H,5-7,12H2,1-4H3,(H,26,30)/t18-/m0/s1. The molecule has 7 nitrogen and oxygen atoms in total. The highest BCUT2D eigenvalue weighted by atomic mass is 16.1. The van der Waals surface area contributed by atoms with Crippen LogP contribution in [-0.4, -0.2) is 48.2 Å². The molecule has 1 N–H and O–H groups in total. The summed E-state index contributed by atoms with van der Waals surface area (Å²) < 4.78 is 3.79. The van der Waals surface area contributed by atoms with E-state index in [0.717, 1.165) is 64.9 Å². The lowest BCUT2D eigenvalue weighted by atomic mass is 9.99. The summed E-state index contributed by atoms with van der Waals surface area (Å²) in [5.74, 6) is 0. The van der Waals surface area contributed by atoms with Crippen molar-refractivity contribution in [3.63, 3.8) is 0 Å². The molecule has 156 valence electrons. The molecule has 3 aromatic heterocycles. The molecule has 1 aliphatic heterocycles. The lowest BCUT2D eigenvalue weighted by molar-refractivity contribution is 0.143. The van der Waals surface area contributed by atoms with Crippen LogP contribution >= 0.6 is 0 Å². The zero-order chi connectivity index (χ0) is 21.0. The molecule has 7 heteroatoms. The second kappa shape index (κ2) is 7.09. The Kier molecular flexibility index (Phi) is 4.50. The molecule has 1 saturated heterocycles. The van der Waals surface area contributed by atoms with E-state index in [1.54, 1.807) is 6.33 Å². The van der Waals surface area contributed by atoms with Crippen LogP contribution in [0.1, 0.15) is 43.9 Å². The van der Waals surface area contributed by atoms with Crippen molar-refractivity contribution in [3.8, 4) is 11.1 Å². The number of aromatic nitrogens is 5. The van der Waals surface area contributed by atoms with Crippen molar-refractivity contribution in [1.29, 1.82) is 0 Å². The number of aryl methyl sites for hydroxylation is 2. The van der Waals surface area contributed by atoms with Crippen LogP contribution in [0.15, 0.2) is 35.5 Å². The number of likely N-dealkylation sites (tertiary alicyclic amines) is 1. The number of fused-ring (bicyclic) bond motifs is 2. The Morgan fingerprint density at radius 2 is 2.00 bits per heavy atom. The first-order chi connectivity index (χ1) is 14.4. The molecule has 1 aromatic carbocycles. The van der Waals surface area contributed by atoms with Crippen LogP contribution in [0.3, 0.4) is 0 Å². The summed E-state index contributed by atoms with van der Waals surface area (Å²) in [4.78, 5) is 22.8. The van der Waals surface area contributed by atoms with Crippen LogP contribution in [0.5, 0.6) is 0 Å². The summed E-state index contributed by atoms with van der Waals surface area (Å²) in [7, 11) is 0. The molecular weight excluding hydrogens is 376 g/mol. The van der Waals surface area contributed by atoms with Crippen LogP contribution < -0.4 is 5.69 Å². The second-order valence-corrected chi connectivity index (χ2v) is 8.81. The number of hydrogen-bond donors (Lipinski definition) is 1. The summed E-state index contributed by atoms with van der Waals surface area (Å²) in [6, 6.07) is 7.09. The maximum Gasteiger partial charge on any atom is 0.326 e. The first kappa shape index (κ1) is 19.1. The zero-order valence-electron chi connectivity index (χ0n) is 18.0. The second-order valence-electron chi connectivity index (χ2n) is 8.81. The maximum atomic E-state index is 12.9. The summed E-state index contributed by atoms with van der Waals surface area (Å²) in [5.41, 5.74) is 7.13. The highest BCUT2D eigenvalue weighted by molar-refractivity contribution is 5.84. The van der Waals surface area contributed by atoms with E-state index < -0.39 is 0 Å². The molecule has 0 spiro atoms. The predicted molar refractivity (Wildman–Crippen MR) is 119 cm³/mol. The van der Waals surface area contributed by atoms with Gasteiger partial charge in [0.05, 0.1) is 17.1 Å². The summed E-state index contributed by atoms with van der Waals surface area (Å²) >= 11 is 0. The molecule has 30 heavy (non-hydrogen) atoms. The highest BCUT2D eigenvalue weighted by Crippen LogP contribution is 2.31. The average molecular weight is 405 g/mol. The average Bonchev–Trinajstić information content (AvgIpc) is 3.31. The van der Waals surface area contributed by atoms with Crippen LogP contribution in [0.25, 0.3) is 27.8 Å². The SMILES string of the molecule is Cc1cc2c(cc1-c1cc(C)c3ncnn3c1)[nH]c(=O)n2[C@H]1CCCN(C(C)C)C1. The molecule has 0 aliphatic carbocycles. The van der Waals surface area contributed by atoms with Gasteiger partial charge < -0.3 is 4.98 Å². The van der Waals surface area contributed by atoms with Crippen molar-refractivity contribution in [2.24, 2.45) is 0 Å². The summed E-state index contributed by atoms with van der Waals surface area (Å²) in [6.45, 7) is 10.6. The van der Waals surface area contributed by atoms with Gasteiger partial charge in [0, 0.05) is 24.3 Å².